The summed E-state index contributed by atoms with van der Waals surface area (Å²) in [6.45, 7) is 0.896. The van der Waals surface area contributed by atoms with Crippen LogP contribution < -0.4 is 14.8 Å². The van der Waals surface area contributed by atoms with Gasteiger partial charge in [-0.3, -0.25) is 19.3 Å². The number of amides is 1. The summed E-state index contributed by atoms with van der Waals surface area (Å²) in [5.41, 5.74) is 3.88. The number of rotatable bonds is 6. The van der Waals surface area contributed by atoms with Crippen LogP contribution in [0.25, 0.3) is 11.1 Å². The quantitative estimate of drug-likeness (QED) is 0.480. The van der Waals surface area contributed by atoms with Gasteiger partial charge in [0.25, 0.3) is 15.9 Å². The molecule has 1 aliphatic carbocycles. The Balaban J connectivity index is 1.34. The van der Waals surface area contributed by atoms with Crippen LogP contribution in [0.2, 0.25) is 0 Å². The summed E-state index contributed by atoms with van der Waals surface area (Å²) in [6, 6.07) is 12.6. The van der Waals surface area contributed by atoms with E-state index in [0.717, 1.165) is 35.1 Å². The van der Waals surface area contributed by atoms with Crippen molar-refractivity contribution < 1.29 is 27.5 Å². The maximum Gasteiger partial charge on any atom is 0.316 e. The van der Waals surface area contributed by atoms with Crippen molar-refractivity contribution in [3.63, 3.8) is 0 Å². The second-order valence-corrected chi connectivity index (χ2v) is 11.2. The van der Waals surface area contributed by atoms with E-state index < -0.39 is 15.4 Å². The number of nitrogens with one attached hydrogen (secondary N) is 2. The van der Waals surface area contributed by atoms with Gasteiger partial charge in [0.1, 0.15) is 10.6 Å². The average Bonchev–Trinajstić information content (AvgIpc) is 3.58. The minimum absolute atomic E-state index is 0.0250. The average molecular weight is 520 g/mol. The Morgan fingerprint density at radius 2 is 1.89 bits per heavy atom. The van der Waals surface area contributed by atoms with Crippen LogP contribution in [0.4, 0.5) is 5.69 Å². The van der Waals surface area contributed by atoms with Gasteiger partial charge in [0, 0.05) is 19.4 Å². The maximum atomic E-state index is 13.5. The predicted octanol–water partition coefficient (Wildman–Crippen LogP) is 2.97. The van der Waals surface area contributed by atoms with Crippen molar-refractivity contribution >= 4 is 27.6 Å². The van der Waals surface area contributed by atoms with Crippen LogP contribution in [0.15, 0.2) is 53.6 Å². The van der Waals surface area contributed by atoms with E-state index in [0.29, 0.717) is 43.0 Å². The third-order valence-electron chi connectivity index (χ3n) is 7.25. The molecule has 1 saturated carbocycles. The summed E-state index contributed by atoms with van der Waals surface area (Å²) >= 11 is 0. The SMILES string of the molecule is COC(=O)C1(c2ccc(-c3cc4c(c(S(=O)(=O)Nc5cnc6c(c5)C(=O)NCC6)c3)OCC4)cc2)CC1. The minimum Gasteiger partial charge on any atom is -0.492 e. The van der Waals surface area contributed by atoms with Crippen LogP contribution in [0.5, 0.6) is 5.75 Å². The van der Waals surface area contributed by atoms with Crippen LogP contribution in [-0.4, -0.2) is 45.5 Å². The van der Waals surface area contributed by atoms with E-state index in [1.807, 2.05) is 30.3 Å². The Morgan fingerprint density at radius 1 is 1.11 bits per heavy atom. The number of hydrogen-bond donors (Lipinski definition) is 2. The Labute approximate surface area is 214 Å². The molecule has 190 valence electrons. The molecule has 3 aromatic rings. The Hall–Kier alpha value is -3.92. The minimum atomic E-state index is -4.06. The Bertz CT molecular complexity index is 1550. The first-order chi connectivity index (χ1) is 17.8. The van der Waals surface area contributed by atoms with Crippen molar-refractivity contribution in [2.75, 3.05) is 25.0 Å². The molecule has 1 fully saturated rings. The molecule has 1 amide bonds. The van der Waals surface area contributed by atoms with Crippen molar-refractivity contribution in [3.8, 4) is 16.9 Å². The van der Waals surface area contributed by atoms with Gasteiger partial charge in [0.2, 0.25) is 0 Å². The standard InChI is InChI=1S/C27H25N3O6S/c1-35-26(32)27(8-9-27)19-4-2-16(3-5-19)18-12-17-7-11-36-24(17)23(13-18)37(33,34)30-20-14-21-22(29-15-20)6-10-28-25(21)31/h2-5,12-15,30H,6-11H2,1H3,(H,28,31). The molecule has 2 aromatic carbocycles. The largest absolute Gasteiger partial charge is 0.492 e. The molecule has 1 aromatic heterocycles. The second-order valence-electron chi connectivity index (χ2n) is 9.54. The van der Waals surface area contributed by atoms with Gasteiger partial charge in [-0.2, -0.15) is 0 Å². The van der Waals surface area contributed by atoms with Crippen LogP contribution >= 0.6 is 0 Å². The lowest BCUT2D eigenvalue weighted by Gasteiger charge is -2.17. The summed E-state index contributed by atoms with van der Waals surface area (Å²) < 4.78 is 40.3. The first-order valence-corrected chi connectivity index (χ1v) is 13.6. The van der Waals surface area contributed by atoms with Crippen molar-refractivity contribution in [1.82, 2.24) is 10.3 Å². The van der Waals surface area contributed by atoms with Gasteiger partial charge in [0.05, 0.1) is 42.3 Å². The molecular formula is C27H25N3O6S. The highest BCUT2D eigenvalue weighted by molar-refractivity contribution is 7.92. The molecular weight excluding hydrogens is 494 g/mol. The van der Waals surface area contributed by atoms with Crippen molar-refractivity contribution in [2.45, 2.75) is 36.0 Å². The topological polar surface area (TPSA) is 124 Å². The van der Waals surface area contributed by atoms with Crippen LogP contribution in [-0.2, 0) is 37.8 Å². The number of sulfonamides is 1. The number of carbonyl (C=O) groups is 2. The van der Waals surface area contributed by atoms with Gasteiger partial charge in [0.15, 0.2) is 0 Å². The number of benzene rings is 2. The second kappa shape index (κ2) is 8.58. The zero-order valence-corrected chi connectivity index (χ0v) is 21.0. The molecule has 0 radical (unpaired) electrons. The van der Waals surface area contributed by atoms with E-state index >= 15 is 0 Å². The van der Waals surface area contributed by atoms with E-state index in [-0.39, 0.29) is 22.5 Å². The molecule has 0 saturated heterocycles. The van der Waals surface area contributed by atoms with E-state index in [4.69, 9.17) is 9.47 Å². The van der Waals surface area contributed by atoms with Crippen LogP contribution in [0, 0.1) is 0 Å². The molecule has 10 heteroatoms. The molecule has 3 heterocycles. The number of methoxy groups -OCH3 is 1. The van der Waals surface area contributed by atoms with E-state index in [9.17, 15) is 18.0 Å². The molecule has 2 aliphatic heterocycles. The number of hydrogen-bond acceptors (Lipinski definition) is 7. The fourth-order valence-electron chi connectivity index (χ4n) is 5.10. The zero-order valence-electron chi connectivity index (χ0n) is 20.2. The number of carbonyl (C=O) groups excluding carboxylic acids is 2. The van der Waals surface area contributed by atoms with Crippen LogP contribution in [0.1, 0.15) is 40.0 Å². The number of ether oxygens (including phenoxy) is 2. The zero-order chi connectivity index (χ0) is 25.8. The highest BCUT2D eigenvalue weighted by atomic mass is 32.2. The fourth-order valence-corrected chi connectivity index (χ4v) is 6.34. The summed E-state index contributed by atoms with van der Waals surface area (Å²) in [5.74, 6) is -0.174. The number of aromatic nitrogens is 1. The van der Waals surface area contributed by atoms with Gasteiger partial charge in [-0.15, -0.1) is 0 Å². The molecule has 9 nitrogen and oxygen atoms in total. The summed E-state index contributed by atoms with van der Waals surface area (Å²) in [5, 5.41) is 2.74. The monoisotopic (exact) mass is 519 g/mol. The highest BCUT2D eigenvalue weighted by Crippen LogP contribution is 2.49. The van der Waals surface area contributed by atoms with Crippen molar-refractivity contribution in [1.29, 1.82) is 0 Å². The molecule has 2 N–H and O–H groups in total. The van der Waals surface area contributed by atoms with Gasteiger partial charge < -0.3 is 14.8 Å². The lowest BCUT2D eigenvalue weighted by atomic mass is 9.93. The van der Waals surface area contributed by atoms with E-state index in [2.05, 4.69) is 15.0 Å². The number of esters is 1. The first kappa shape index (κ1) is 23.5. The fraction of sp³-hybridized carbons (Fsp3) is 0.296. The maximum absolute atomic E-state index is 13.5. The predicted molar refractivity (Wildman–Crippen MR) is 135 cm³/mol. The van der Waals surface area contributed by atoms with E-state index in [1.54, 1.807) is 6.07 Å². The lowest BCUT2D eigenvalue weighted by molar-refractivity contribution is -0.143. The lowest BCUT2D eigenvalue weighted by Crippen LogP contribution is -2.32. The number of nitrogens with zero attached hydrogens (tertiary/aromatic N) is 1. The van der Waals surface area contributed by atoms with Gasteiger partial charge >= 0.3 is 5.97 Å². The molecule has 37 heavy (non-hydrogen) atoms. The Morgan fingerprint density at radius 3 is 2.62 bits per heavy atom. The third-order valence-corrected chi connectivity index (χ3v) is 8.64. The van der Waals surface area contributed by atoms with Gasteiger partial charge in [-0.1, -0.05) is 24.3 Å². The number of fused-ring (bicyclic) bond motifs is 2. The van der Waals surface area contributed by atoms with Gasteiger partial charge in [-0.05, 0) is 53.3 Å². The van der Waals surface area contributed by atoms with Crippen molar-refractivity contribution in [3.05, 3.63) is 71.0 Å². The molecule has 0 spiro atoms. The Kier molecular flexibility index (Phi) is 5.45. The molecule has 0 bridgehead atoms. The molecule has 0 atom stereocenters. The first-order valence-electron chi connectivity index (χ1n) is 12.1. The summed E-state index contributed by atoms with van der Waals surface area (Å²) in [6.07, 6.45) is 4.12. The number of pyridine rings is 1. The normalized spacial score (nSPS) is 17.2. The smallest absolute Gasteiger partial charge is 0.316 e. The van der Waals surface area contributed by atoms with Crippen LogP contribution in [0.3, 0.4) is 0 Å². The summed E-state index contributed by atoms with van der Waals surface area (Å²) in [7, 11) is -2.66. The highest BCUT2D eigenvalue weighted by Gasteiger charge is 2.52. The summed E-state index contributed by atoms with van der Waals surface area (Å²) in [4.78, 5) is 28.8. The molecule has 3 aliphatic rings. The molecule has 6 rings (SSSR count). The number of anilines is 1. The van der Waals surface area contributed by atoms with E-state index in [1.165, 1.54) is 19.4 Å². The third kappa shape index (κ3) is 4.01. The molecule has 0 unspecified atom stereocenters. The van der Waals surface area contributed by atoms with Crippen molar-refractivity contribution in [2.24, 2.45) is 0 Å². The van der Waals surface area contributed by atoms with Gasteiger partial charge in [-0.25, -0.2) is 8.42 Å².